The van der Waals surface area contributed by atoms with Crippen LogP contribution < -0.4 is 4.74 Å². The van der Waals surface area contributed by atoms with E-state index in [1.54, 1.807) is 11.8 Å². The fourth-order valence-corrected chi connectivity index (χ4v) is 2.46. The highest BCUT2D eigenvalue weighted by Crippen LogP contribution is 2.16. The normalized spacial score (nSPS) is 10.4. The van der Waals surface area contributed by atoms with Crippen molar-refractivity contribution in [2.75, 3.05) is 12.9 Å². The summed E-state index contributed by atoms with van der Waals surface area (Å²) in [4.78, 5) is 13.2. The Morgan fingerprint density at radius 1 is 1.05 bits per heavy atom. The van der Waals surface area contributed by atoms with Gasteiger partial charge in [0, 0.05) is 10.5 Å². The molecule has 0 amide bonds. The number of carbonyl (C=O) groups excluding carboxylic acids is 1. The smallest absolute Gasteiger partial charge is 0.200 e. The molecule has 0 bridgehead atoms. The summed E-state index contributed by atoms with van der Waals surface area (Å²) in [6.45, 7) is 2.23. The molecule has 0 spiro atoms. The first-order valence-electron chi connectivity index (χ1n) is 7.12. The molecule has 0 aromatic heterocycles. The lowest BCUT2D eigenvalue weighted by Gasteiger charge is -2.07. The molecule has 0 aliphatic heterocycles. The van der Waals surface area contributed by atoms with Gasteiger partial charge in [0.15, 0.2) is 12.4 Å². The number of Topliss-reactive ketones (excluding diaryl/α,β-unsaturated/α-hetero) is 1. The molecule has 2 aromatic rings. The lowest BCUT2D eigenvalue weighted by atomic mass is 10.1. The molecule has 0 N–H and O–H groups in total. The molecule has 21 heavy (non-hydrogen) atoms. The summed E-state index contributed by atoms with van der Waals surface area (Å²) in [7, 11) is 0. The summed E-state index contributed by atoms with van der Waals surface area (Å²) in [5, 5.41) is 0. The molecule has 3 heteroatoms. The van der Waals surface area contributed by atoms with Gasteiger partial charge in [-0.3, -0.25) is 4.79 Å². The third-order valence-corrected chi connectivity index (χ3v) is 3.99. The van der Waals surface area contributed by atoms with Gasteiger partial charge in [-0.05, 0) is 42.5 Å². The van der Waals surface area contributed by atoms with E-state index in [-0.39, 0.29) is 12.4 Å². The molecule has 0 aliphatic rings. The number of hydrogen-bond acceptors (Lipinski definition) is 3. The van der Waals surface area contributed by atoms with Crippen LogP contribution in [-0.2, 0) is 6.42 Å². The van der Waals surface area contributed by atoms with Crippen molar-refractivity contribution in [2.45, 2.75) is 24.7 Å². The highest BCUT2D eigenvalue weighted by molar-refractivity contribution is 7.98. The fourth-order valence-electron chi connectivity index (χ4n) is 2.05. The highest BCUT2D eigenvalue weighted by Gasteiger charge is 2.07. The van der Waals surface area contributed by atoms with Gasteiger partial charge in [-0.15, -0.1) is 11.8 Å². The molecular weight excluding hydrogens is 280 g/mol. The summed E-state index contributed by atoms with van der Waals surface area (Å²) < 4.78 is 5.56. The van der Waals surface area contributed by atoms with Crippen LogP contribution in [0.5, 0.6) is 5.75 Å². The predicted molar refractivity (Wildman–Crippen MR) is 88.5 cm³/mol. The van der Waals surface area contributed by atoms with E-state index >= 15 is 0 Å². The van der Waals surface area contributed by atoms with E-state index in [0.717, 1.165) is 23.5 Å². The van der Waals surface area contributed by atoms with Crippen LogP contribution in [0.25, 0.3) is 0 Å². The van der Waals surface area contributed by atoms with Gasteiger partial charge in [-0.2, -0.15) is 0 Å². The molecule has 0 atom stereocenters. The maximum absolute atomic E-state index is 12.1. The topological polar surface area (TPSA) is 26.3 Å². The van der Waals surface area contributed by atoms with Crippen molar-refractivity contribution in [3.8, 4) is 5.75 Å². The van der Waals surface area contributed by atoms with Gasteiger partial charge >= 0.3 is 0 Å². The van der Waals surface area contributed by atoms with Gasteiger partial charge in [-0.25, -0.2) is 0 Å². The molecule has 110 valence electrons. The zero-order chi connectivity index (χ0) is 15.1. The van der Waals surface area contributed by atoms with E-state index in [2.05, 4.69) is 19.1 Å². The van der Waals surface area contributed by atoms with Crippen molar-refractivity contribution in [1.82, 2.24) is 0 Å². The lowest BCUT2D eigenvalue weighted by molar-refractivity contribution is 0.0921. The van der Waals surface area contributed by atoms with E-state index in [1.807, 2.05) is 42.7 Å². The molecule has 0 saturated carbocycles. The number of rotatable bonds is 7. The quantitative estimate of drug-likeness (QED) is 0.551. The molecule has 0 saturated heterocycles. The Labute approximate surface area is 130 Å². The zero-order valence-electron chi connectivity index (χ0n) is 12.5. The Hall–Kier alpha value is -1.74. The minimum Gasteiger partial charge on any atom is -0.485 e. The largest absolute Gasteiger partial charge is 0.485 e. The third kappa shape index (κ3) is 4.64. The summed E-state index contributed by atoms with van der Waals surface area (Å²) in [6, 6.07) is 15.6. The monoisotopic (exact) mass is 300 g/mol. The van der Waals surface area contributed by atoms with Gasteiger partial charge < -0.3 is 4.74 Å². The van der Waals surface area contributed by atoms with Gasteiger partial charge in [0.05, 0.1) is 0 Å². The lowest BCUT2D eigenvalue weighted by Crippen LogP contribution is -2.11. The molecule has 2 aromatic carbocycles. The van der Waals surface area contributed by atoms with E-state index in [0.29, 0.717) is 5.56 Å². The molecular formula is C18H20O2S. The van der Waals surface area contributed by atoms with Gasteiger partial charge in [0.2, 0.25) is 0 Å². The first-order valence-corrected chi connectivity index (χ1v) is 8.34. The highest BCUT2D eigenvalue weighted by atomic mass is 32.2. The third-order valence-electron chi connectivity index (χ3n) is 3.24. The standard InChI is InChI=1S/C18H20O2S/c1-3-4-14-5-9-16(10-6-14)20-13-18(19)15-7-11-17(21-2)12-8-15/h5-12H,3-4,13H2,1-2H3. The fraction of sp³-hybridized carbons (Fsp3) is 0.278. The number of hydrogen-bond donors (Lipinski definition) is 0. The van der Waals surface area contributed by atoms with Crippen LogP contribution in [0, 0.1) is 0 Å². The first kappa shape index (κ1) is 15.6. The molecule has 0 unspecified atom stereocenters. The van der Waals surface area contributed by atoms with Crippen molar-refractivity contribution >= 4 is 17.5 Å². The minimum atomic E-state index is 0.000266. The predicted octanol–water partition coefficient (Wildman–Crippen LogP) is 4.62. The molecule has 2 rings (SSSR count). The van der Waals surface area contributed by atoms with Gasteiger partial charge in [0.25, 0.3) is 0 Å². The Morgan fingerprint density at radius 2 is 1.71 bits per heavy atom. The van der Waals surface area contributed by atoms with Crippen molar-refractivity contribution in [3.05, 3.63) is 59.7 Å². The number of ketones is 1. The van der Waals surface area contributed by atoms with Crippen molar-refractivity contribution < 1.29 is 9.53 Å². The van der Waals surface area contributed by atoms with E-state index in [1.165, 1.54) is 5.56 Å². The average Bonchev–Trinajstić information content (AvgIpc) is 2.54. The Balaban J connectivity index is 1.90. The molecule has 0 radical (unpaired) electrons. The second-order valence-corrected chi connectivity index (χ2v) is 5.71. The Kier molecular flexibility index (Phi) is 5.88. The van der Waals surface area contributed by atoms with Crippen molar-refractivity contribution in [3.63, 3.8) is 0 Å². The van der Waals surface area contributed by atoms with Gasteiger partial charge in [0.1, 0.15) is 5.75 Å². The Morgan fingerprint density at radius 3 is 2.29 bits per heavy atom. The summed E-state index contributed by atoms with van der Waals surface area (Å²) in [5.41, 5.74) is 1.99. The number of benzene rings is 2. The van der Waals surface area contributed by atoms with Crippen LogP contribution in [0.1, 0.15) is 29.3 Å². The molecule has 0 heterocycles. The van der Waals surface area contributed by atoms with E-state index in [4.69, 9.17) is 4.74 Å². The second-order valence-electron chi connectivity index (χ2n) is 4.83. The van der Waals surface area contributed by atoms with Crippen LogP contribution in [0.3, 0.4) is 0 Å². The Bertz CT molecular complexity index is 573. The summed E-state index contributed by atoms with van der Waals surface area (Å²) >= 11 is 1.66. The van der Waals surface area contributed by atoms with Crippen LogP contribution in [-0.4, -0.2) is 18.6 Å². The minimum absolute atomic E-state index is 0.000266. The molecule has 0 aliphatic carbocycles. The van der Waals surface area contributed by atoms with Crippen LogP contribution in [0.2, 0.25) is 0 Å². The second kappa shape index (κ2) is 7.89. The van der Waals surface area contributed by atoms with Crippen molar-refractivity contribution in [2.24, 2.45) is 0 Å². The SMILES string of the molecule is CCCc1ccc(OCC(=O)c2ccc(SC)cc2)cc1. The first-order chi connectivity index (χ1) is 10.2. The maximum Gasteiger partial charge on any atom is 0.200 e. The van der Waals surface area contributed by atoms with E-state index < -0.39 is 0 Å². The maximum atomic E-state index is 12.1. The van der Waals surface area contributed by atoms with Crippen LogP contribution >= 0.6 is 11.8 Å². The van der Waals surface area contributed by atoms with Crippen LogP contribution in [0.15, 0.2) is 53.4 Å². The number of aryl methyl sites for hydroxylation is 1. The number of carbonyl (C=O) groups is 1. The number of ether oxygens (including phenoxy) is 1. The average molecular weight is 300 g/mol. The summed E-state index contributed by atoms with van der Waals surface area (Å²) in [6.07, 6.45) is 4.22. The van der Waals surface area contributed by atoms with Crippen molar-refractivity contribution in [1.29, 1.82) is 0 Å². The van der Waals surface area contributed by atoms with Crippen LogP contribution in [0.4, 0.5) is 0 Å². The van der Waals surface area contributed by atoms with Gasteiger partial charge in [-0.1, -0.05) is 37.6 Å². The molecule has 2 nitrogen and oxygen atoms in total. The zero-order valence-corrected chi connectivity index (χ0v) is 13.3. The molecule has 0 fully saturated rings. The number of thioether (sulfide) groups is 1. The van der Waals surface area contributed by atoms with E-state index in [9.17, 15) is 4.79 Å². The summed E-state index contributed by atoms with van der Waals surface area (Å²) in [5.74, 6) is 0.740.